The van der Waals surface area contributed by atoms with Crippen LogP contribution >= 0.6 is 22.7 Å². The summed E-state index contributed by atoms with van der Waals surface area (Å²) in [6.45, 7) is 10.1. The average Bonchev–Trinajstić information content (AvgIpc) is 3.30. The SMILES string of the molecule is CCNC(=NCCCc1nc(C)cs1)N1CCN(c2cccs2)CC1. The lowest BCUT2D eigenvalue weighted by atomic mass is 10.3. The Labute approximate surface area is 158 Å². The first-order valence-corrected chi connectivity index (χ1v) is 10.7. The minimum absolute atomic E-state index is 0.853. The highest BCUT2D eigenvalue weighted by atomic mass is 32.1. The maximum atomic E-state index is 4.84. The quantitative estimate of drug-likeness (QED) is 0.477. The number of rotatable bonds is 6. The van der Waals surface area contributed by atoms with E-state index in [1.807, 2.05) is 11.3 Å². The highest BCUT2D eigenvalue weighted by Crippen LogP contribution is 2.22. The van der Waals surface area contributed by atoms with E-state index in [-0.39, 0.29) is 0 Å². The molecule has 1 saturated heterocycles. The molecule has 1 N–H and O–H groups in total. The zero-order valence-electron chi connectivity index (χ0n) is 15.1. The van der Waals surface area contributed by atoms with Gasteiger partial charge >= 0.3 is 0 Å². The lowest BCUT2D eigenvalue weighted by molar-refractivity contribution is 0.373. The fraction of sp³-hybridized carbons (Fsp3) is 0.556. The number of hydrogen-bond donors (Lipinski definition) is 1. The van der Waals surface area contributed by atoms with Gasteiger partial charge in [0.25, 0.3) is 0 Å². The number of hydrogen-bond acceptors (Lipinski definition) is 5. The summed E-state index contributed by atoms with van der Waals surface area (Å²) in [6.07, 6.45) is 2.07. The van der Waals surface area contributed by atoms with E-state index in [1.54, 1.807) is 11.3 Å². The number of piperazine rings is 1. The number of nitrogens with one attached hydrogen (secondary N) is 1. The molecule has 1 aliphatic heterocycles. The highest BCUT2D eigenvalue weighted by Gasteiger charge is 2.20. The van der Waals surface area contributed by atoms with Gasteiger partial charge in [0.15, 0.2) is 5.96 Å². The van der Waals surface area contributed by atoms with Gasteiger partial charge in [0.2, 0.25) is 0 Å². The second-order valence-electron chi connectivity index (χ2n) is 6.15. The summed E-state index contributed by atoms with van der Waals surface area (Å²) in [5.74, 6) is 1.06. The molecule has 0 unspecified atom stereocenters. The number of guanidine groups is 1. The van der Waals surface area contributed by atoms with Crippen LogP contribution in [0.3, 0.4) is 0 Å². The van der Waals surface area contributed by atoms with Gasteiger partial charge in [-0.3, -0.25) is 4.99 Å². The molecule has 1 fully saturated rings. The second-order valence-corrected chi connectivity index (χ2v) is 8.02. The van der Waals surface area contributed by atoms with Gasteiger partial charge in [-0.15, -0.1) is 22.7 Å². The molecule has 3 heterocycles. The van der Waals surface area contributed by atoms with Crippen LogP contribution in [-0.4, -0.2) is 55.1 Å². The molecular weight excluding hydrogens is 350 g/mol. The van der Waals surface area contributed by atoms with Crippen molar-refractivity contribution < 1.29 is 0 Å². The molecule has 0 saturated carbocycles. The van der Waals surface area contributed by atoms with E-state index >= 15 is 0 Å². The van der Waals surface area contributed by atoms with Crippen LogP contribution in [0, 0.1) is 6.92 Å². The maximum absolute atomic E-state index is 4.84. The summed E-state index contributed by atoms with van der Waals surface area (Å²) in [4.78, 5) is 14.2. The molecule has 0 aliphatic carbocycles. The van der Waals surface area contributed by atoms with E-state index in [4.69, 9.17) is 4.99 Å². The fourth-order valence-electron chi connectivity index (χ4n) is 2.95. The van der Waals surface area contributed by atoms with E-state index in [1.165, 1.54) is 10.0 Å². The summed E-state index contributed by atoms with van der Waals surface area (Å²) in [6, 6.07) is 4.34. The van der Waals surface area contributed by atoms with Crippen molar-refractivity contribution in [2.75, 3.05) is 44.2 Å². The van der Waals surface area contributed by atoms with Gasteiger partial charge in [-0.25, -0.2) is 4.98 Å². The third-order valence-corrected chi connectivity index (χ3v) is 6.16. The van der Waals surface area contributed by atoms with Gasteiger partial charge in [0.1, 0.15) is 0 Å². The van der Waals surface area contributed by atoms with E-state index in [0.717, 1.165) is 63.8 Å². The molecule has 0 aromatic carbocycles. The van der Waals surface area contributed by atoms with Crippen LogP contribution in [-0.2, 0) is 6.42 Å². The number of thiophene rings is 1. The smallest absolute Gasteiger partial charge is 0.194 e. The molecule has 0 spiro atoms. The van der Waals surface area contributed by atoms with Crippen molar-refractivity contribution in [3.8, 4) is 0 Å². The van der Waals surface area contributed by atoms with Crippen LogP contribution in [0.15, 0.2) is 27.9 Å². The lowest BCUT2D eigenvalue weighted by Crippen LogP contribution is -2.52. The highest BCUT2D eigenvalue weighted by molar-refractivity contribution is 7.14. The number of nitrogens with zero attached hydrogens (tertiary/aromatic N) is 4. The minimum Gasteiger partial charge on any atom is -0.360 e. The summed E-state index contributed by atoms with van der Waals surface area (Å²) >= 11 is 3.58. The first-order valence-electron chi connectivity index (χ1n) is 8.99. The standard InChI is InChI=1S/C18H27N5S2/c1-3-19-18(20-8-4-6-16-21-15(2)14-25-16)23-11-9-22(10-12-23)17-7-5-13-24-17/h5,7,13-14H,3-4,6,8-12H2,1-2H3,(H,19,20). The van der Waals surface area contributed by atoms with Gasteiger partial charge in [-0.2, -0.15) is 0 Å². The number of aromatic nitrogens is 1. The van der Waals surface area contributed by atoms with Gasteiger partial charge in [-0.05, 0) is 37.8 Å². The molecule has 136 valence electrons. The normalized spacial score (nSPS) is 15.7. The third-order valence-electron chi connectivity index (χ3n) is 4.21. The van der Waals surface area contributed by atoms with Crippen molar-refractivity contribution in [3.63, 3.8) is 0 Å². The molecule has 2 aromatic heterocycles. The largest absolute Gasteiger partial charge is 0.360 e. The van der Waals surface area contributed by atoms with Gasteiger partial charge in [-0.1, -0.05) is 0 Å². The Morgan fingerprint density at radius 2 is 2.12 bits per heavy atom. The summed E-state index contributed by atoms with van der Waals surface area (Å²) in [7, 11) is 0. The molecule has 7 heteroatoms. The van der Waals surface area contributed by atoms with Crippen molar-refractivity contribution in [3.05, 3.63) is 33.6 Å². The summed E-state index contributed by atoms with van der Waals surface area (Å²) < 4.78 is 0. The van der Waals surface area contributed by atoms with E-state index < -0.39 is 0 Å². The van der Waals surface area contributed by atoms with Crippen LogP contribution in [0.2, 0.25) is 0 Å². The molecule has 0 radical (unpaired) electrons. The Kier molecular flexibility index (Phi) is 6.69. The second kappa shape index (κ2) is 9.20. The van der Waals surface area contributed by atoms with Gasteiger partial charge < -0.3 is 15.1 Å². The van der Waals surface area contributed by atoms with Crippen molar-refractivity contribution in [1.82, 2.24) is 15.2 Å². The summed E-state index contributed by atoms with van der Waals surface area (Å²) in [5.41, 5.74) is 1.13. The van der Waals surface area contributed by atoms with E-state index in [9.17, 15) is 0 Å². The number of thiazole rings is 1. The zero-order valence-corrected chi connectivity index (χ0v) is 16.7. The average molecular weight is 378 g/mol. The van der Waals surface area contributed by atoms with Crippen LogP contribution < -0.4 is 10.2 Å². The topological polar surface area (TPSA) is 43.8 Å². The van der Waals surface area contributed by atoms with E-state index in [2.05, 4.69) is 56.8 Å². The zero-order chi connectivity index (χ0) is 17.5. The molecule has 1 aliphatic rings. The molecular formula is C18H27N5S2. The van der Waals surface area contributed by atoms with Crippen LogP contribution in [0.4, 0.5) is 5.00 Å². The minimum atomic E-state index is 0.853. The van der Waals surface area contributed by atoms with Crippen LogP contribution in [0.1, 0.15) is 24.0 Å². The molecule has 0 bridgehead atoms. The van der Waals surface area contributed by atoms with Crippen molar-refractivity contribution >= 4 is 33.6 Å². The Morgan fingerprint density at radius 1 is 1.28 bits per heavy atom. The first kappa shape index (κ1) is 18.2. The monoisotopic (exact) mass is 377 g/mol. The van der Waals surface area contributed by atoms with Crippen molar-refractivity contribution in [2.24, 2.45) is 4.99 Å². The van der Waals surface area contributed by atoms with Crippen LogP contribution in [0.25, 0.3) is 0 Å². The Balaban J connectivity index is 1.48. The van der Waals surface area contributed by atoms with Gasteiger partial charge in [0, 0.05) is 56.8 Å². The maximum Gasteiger partial charge on any atom is 0.194 e. The summed E-state index contributed by atoms with van der Waals surface area (Å²) in [5, 5.41) is 10.3. The number of aryl methyl sites for hydroxylation is 2. The number of aliphatic imine (C=N–C) groups is 1. The molecule has 3 rings (SSSR count). The van der Waals surface area contributed by atoms with Crippen LogP contribution in [0.5, 0.6) is 0 Å². The van der Waals surface area contributed by atoms with Gasteiger partial charge in [0.05, 0.1) is 10.0 Å². The molecule has 2 aromatic rings. The predicted molar refractivity (Wildman–Crippen MR) is 109 cm³/mol. The molecule has 5 nitrogen and oxygen atoms in total. The van der Waals surface area contributed by atoms with Crippen molar-refractivity contribution in [1.29, 1.82) is 0 Å². The third kappa shape index (κ3) is 5.19. The number of anilines is 1. The van der Waals surface area contributed by atoms with Crippen molar-refractivity contribution in [2.45, 2.75) is 26.7 Å². The Hall–Kier alpha value is -1.60. The molecule has 0 atom stereocenters. The molecule has 0 amide bonds. The Morgan fingerprint density at radius 3 is 2.76 bits per heavy atom. The first-order chi connectivity index (χ1) is 12.3. The molecule has 25 heavy (non-hydrogen) atoms. The fourth-order valence-corrected chi connectivity index (χ4v) is 4.55. The lowest BCUT2D eigenvalue weighted by Gasteiger charge is -2.37. The van der Waals surface area contributed by atoms with E-state index in [0.29, 0.717) is 0 Å². The predicted octanol–water partition coefficient (Wildman–Crippen LogP) is 3.23. The Bertz CT molecular complexity index is 657.